The Morgan fingerprint density at radius 2 is 1.82 bits per heavy atom. The zero-order valence-corrected chi connectivity index (χ0v) is 11.4. The second kappa shape index (κ2) is 4.79. The second-order valence-electron chi connectivity index (χ2n) is 4.08. The van der Waals surface area contributed by atoms with Crippen LogP contribution in [0, 0.1) is 0 Å². The Morgan fingerprint density at radius 1 is 1.00 bits per heavy atom. The van der Waals surface area contributed by atoms with Crippen LogP contribution >= 0.6 is 23.5 Å². The Hall–Kier alpha value is -0.860. The van der Waals surface area contributed by atoms with Crippen molar-refractivity contribution >= 4 is 23.5 Å². The highest BCUT2D eigenvalue weighted by Gasteiger charge is 2.16. The van der Waals surface area contributed by atoms with Crippen LogP contribution in [0.15, 0.2) is 52.3 Å². The standard InChI is InChI=1S/C15H14S2/c1-16-14-8-4-6-11-12-5-2-3-7-15(12)17-10-9-13(11)14/h2-8H,9-10H2,1H3. The maximum absolute atomic E-state index is 2.26. The van der Waals surface area contributed by atoms with Gasteiger partial charge in [-0.1, -0.05) is 30.3 Å². The van der Waals surface area contributed by atoms with Crippen LogP contribution < -0.4 is 0 Å². The number of fused-ring (bicyclic) bond motifs is 3. The quantitative estimate of drug-likeness (QED) is 0.679. The van der Waals surface area contributed by atoms with E-state index in [-0.39, 0.29) is 0 Å². The fraction of sp³-hybridized carbons (Fsp3) is 0.200. The molecular formula is C15H14S2. The van der Waals surface area contributed by atoms with E-state index in [4.69, 9.17) is 0 Å². The summed E-state index contributed by atoms with van der Waals surface area (Å²) < 4.78 is 0. The molecule has 86 valence electrons. The van der Waals surface area contributed by atoms with Crippen LogP contribution in [0.2, 0.25) is 0 Å². The van der Waals surface area contributed by atoms with Gasteiger partial charge in [0.1, 0.15) is 0 Å². The van der Waals surface area contributed by atoms with Gasteiger partial charge in [-0.2, -0.15) is 0 Å². The number of thioether (sulfide) groups is 2. The van der Waals surface area contributed by atoms with Gasteiger partial charge in [0, 0.05) is 15.5 Å². The molecule has 2 heteroatoms. The van der Waals surface area contributed by atoms with E-state index >= 15 is 0 Å². The summed E-state index contributed by atoms with van der Waals surface area (Å²) in [5, 5.41) is 0. The average Bonchev–Trinajstić information content (AvgIpc) is 2.58. The lowest BCUT2D eigenvalue weighted by Crippen LogP contribution is -1.92. The lowest BCUT2D eigenvalue weighted by molar-refractivity contribution is 1.11. The van der Waals surface area contributed by atoms with E-state index in [1.54, 1.807) is 0 Å². The molecule has 0 fully saturated rings. The second-order valence-corrected chi connectivity index (χ2v) is 6.07. The molecule has 3 rings (SSSR count). The average molecular weight is 258 g/mol. The van der Waals surface area contributed by atoms with Crippen LogP contribution in [-0.2, 0) is 6.42 Å². The van der Waals surface area contributed by atoms with Gasteiger partial charge >= 0.3 is 0 Å². The summed E-state index contributed by atoms with van der Waals surface area (Å²) in [6, 6.07) is 15.4. The molecule has 0 nitrogen and oxygen atoms in total. The first-order chi connectivity index (χ1) is 8.40. The smallest absolute Gasteiger partial charge is 0.0151 e. The molecule has 1 aliphatic rings. The van der Waals surface area contributed by atoms with Crippen molar-refractivity contribution in [1.29, 1.82) is 0 Å². The molecule has 0 saturated carbocycles. The van der Waals surface area contributed by atoms with Gasteiger partial charge in [0.05, 0.1) is 0 Å². The molecule has 0 unspecified atom stereocenters. The molecule has 0 aromatic heterocycles. The Morgan fingerprint density at radius 3 is 2.71 bits per heavy atom. The van der Waals surface area contributed by atoms with Crippen molar-refractivity contribution in [3.8, 4) is 11.1 Å². The summed E-state index contributed by atoms with van der Waals surface area (Å²) in [6.45, 7) is 0. The summed E-state index contributed by atoms with van der Waals surface area (Å²) in [5.41, 5.74) is 4.36. The maximum Gasteiger partial charge on any atom is 0.0151 e. The molecule has 2 aromatic carbocycles. The molecule has 2 aromatic rings. The van der Waals surface area contributed by atoms with Crippen LogP contribution in [-0.4, -0.2) is 12.0 Å². The first-order valence-corrected chi connectivity index (χ1v) is 7.99. The van der Waals surface area contributed by atoms with Crippen LogP contribution in [0.3, 0.4) is 0 Å². The summed E-state index contributed by atoms with van der Waals surface area (Å²) in [6.07, 6.45) is 3.34. The number of hydrogen-bond acceptors (Lipinski definition) is 2. The van der Waals surface area contributed by atoms with Crippen molar-refractivity contribution < 1.29 is 0 Å². The van der Waals surface area contributed by atoms with Crippen LogP contribution in [0.5, 0.6) is 0 Å². The predicted molar refractivity (Wildman–Crippen MR) is 78.1 cm³/mol. The third-order valence-electron chi connectivity index (χ3n) is 3.14. The van der Waals surface area contributed by atoms with Crippen molar-refractivity contribution in [2.75, 3.05) is 12.0 Å². The van der Waals surface area contributed by atoms with Crippen molar-refractivity contribution in [2.24, 2.45) is 0 Å². The largest absolute Gasteiger partial charge is 0.129 e. The normalized spacial score (nSPS) is 13.7. The van der Waals surface area contributed by atoms with Gasteiger partial charge in [0.15, 0.2) is 0 Å². The Bertz CT molecular complexity index is 546. The van der Waals surface area contributed by atoms with E-state index in [9.17, 15) is 0 Å². The van der Waals surface area contributed by atoms with Crippen LogP contribution in [0.1, 0.15) is 5.56 Å². The first kappa shape index (κ1) is 11.2. The van der Waals surface area contributed by atoms with Gasteiger partial charge in [-0.3, -0.25) is 0 Å². The van der Waals surface area contributed by atoms with Gasteiger partial charge in [-0.15, -0.1) is 23.5 Å². The third kappa shape index (κ3) is 2.00. The minimum absolute atomic E-state index is 1.17. The highest BCUT2D eigenvalue weighted by atomic mass is 32.2. The van der Waals surface area contributed by atoms with Crippen molar-refractivity contribution in [3.63, 3.8) is 0 Å². The molecule has 0 N–H and O–H groups in total. The zero-order valence-electron chi connectivity index (χ0n) is 9.77. The fourth-order valence-corrected chi connectivity index (χ4v) is 4.05. The van der Waals surface area contributed by atoms with Gasteiger partial charge in [-0.05, 0) is 41.5 Å². The Kier molecular flexibility index (Phi) is 3.17. The van der Waals surface area contributed by atoms with E-state index in [0.29, 0.717) is 0 Å². The molecular weight excluding hydrogens is 244 g/mol. The maximum atomic E-state index is 2.26. The summed E-state index contributed by atoms with van der Waals surface area (Å²) in [4.78, 5) is 2.85. The monoisotopic (exact) mass is 258 g/mol. The molecule has 0 amide bonds. The van der Waals surface area contributed by atoms with Gasteiger partial charge in [-0.25, -0.2) is 0 Å². The minimum Gasteiger partial charge on any atom is -0.129 e. The fourth-order valence-electron chi connectivity index (χ4n) is 2.35. The highest BCUT2D eigenvalue weighted by molar-refractivity contribution is 7.99. The van der Waals surface area contributed by atoms with E-state index in [0.717, 1.165) is 0 Å². The van der Waals surface area contributed by atoms with Gasteiger partial charge in [0.2, 0.25) is 0 Å². The number of rotatable bonds is 1. The molecule has 17 heavy (non-hydrogen) atoms. The topological polar surface area (TPSA) is 0 Å². The third-order valence-corrected chi connectivity index (χ3v) is 5.04. The molecule has 0 aliphatic carbocycles. The SMILES string of the molecule is CSc1cccc2c1CCSc1ccccc1-2. The predicted octanol–water partition coefficient (Wildman–Crippen LogP) is 4.72. The van der Waals surface area contributed by atoms with Crippen LogP contribution in [0.4, 0.5) is 0 Å². The van der Waals surface area contributed by atoms with Crippen molar-refractivity contribution in [2.45, 2.75) is 16.2 Å². The summed E-state index contributed by atoms with van der Waals surface area (Å²) >= 11 is 3.83. The first-order valence-electron chi connectivity index (χ1n) is 5.78. The Balaban J connectivity index is 2.26. The van der Waals surface area contributed by atoms with Gasteiger partial charge in [0.25, 0.3) is 0 Å². The molecule has 1 heterocycles. The van der Waals surface area contributed by atoms with E-state index < -0.39 is 0 Å². The highest BCUT2D eigenvalue weighted by Crippen LogP contribution is 2.40. The number of benzene rings is 2. The molecule has 0 atom stereocenters. The molecule has 0 radical (unpaired) electrons. The van der Waals surface area contributed by atoms with E-state index in [2.05, 4.69) is 48.7 Å². The van der Waals surface area contributed by atoms with Crippen molar-refractivity contribution in [1.82, 2.24) is 0 Å². The molecule has 0 spiro atoms. The van der Waals surface area contributed by atoms with E-state index in [1.807, 2.05) is 23.5 Å². The van der Waals surface area contributed by atoms with E-state index in [1.165, 1.54) is 38.7 Å². The lowest BCUT2D eigenvalue weighted by Gasteiger charge is -2.11. The van der Waals surface area contributed by atoms with Gasteiger partial charge < -0.3 is 0 Å². The minimum atomic E-state index is 1.17. The molecule has 0 bridgehead atoms. The van der Waals surface area contributed by atoms with Crippen molar-refractivity contribution in [3.05, 3.63) is 48.0 Å². The summed E-state index contributed by atoms with van der Waals surface area (Å²) in [5.74, 6) is 1.18. The molecule has 1 aliphatic heterocycles. The number of hydrogen-bond donors (Lipinski definition) is 0. The van der Waals surface area contributed by atoms with Crippen LogP contribution in [0.25, 0.3) is 11.1 Å². The molecule has 0 saturated heterocycles. The zero-order chi connectivity index (χ0) is 11.7. The lowest BCUT2D eigenvalue weighted by atomic mass is 9.98. The summed E-state index contributed by atoms with van der Waals surface area (Å²) in [7, 11) is 0. The Labute approximate surface area is 111 Å².